The molecule has 0 unspecified atom stereocenters. The van der Waals surface area contributed by atoms with Crippen molar-refractivity contribution in [1.82, 2.24) is 9.97 Å². The minimum absolute atomic E-state index is 0.153. The minimum Gasteiger partial charge on any atom is -0.358 e. The number of benzene rings is 1. The smallest absolute Gasteiger partial charge is 0.263 e. The molecule has 0 bridgehead atoms. The van der Waals surface area contributed by atoms with Crippen LogP contribution in [0.4, 0.5) is 14.5 Å². The Hall–Kier alpha value is -2.77. The van der Waals surface area contributed by atoms with Crippen LogP contribution in [0, 0.1) is 29.9 Å². The highest BCUT2D eigenvalue weighted by molar-refractivity contribution is 7.92. The van der Waals surface area contributed by atoms with E-state index in [-0.39, 0.29) is 4.90 Å². The van der Waals surface area contributed by atoms with Gasteiger partial charge in [-0.2, -0.15) is 5.26 Å². The van der Waals surface area contributed by atoms with E-state index < -0.39 is 32.9 Å². The van der Waals surface area contributed by atoms with E-state index in [9.17, 15) is 17.2 Å². The van der Waals surface area contributed by atoms with Gasteiger partial charge in [-0.15, -0.1) is 11.3 Å². The van der Waals surface area contributed by atoms with E-state index in [0.29, 0.717) is 22.8 Å². The van der Waals surface area contributed by atoms with Crippen LogP contribution >= 0.6 is 11.3 Å². The summed E-state index contributed by atoms with van der Waals surface area (Å²) in [5.41, 5.74) is 0.199. The molecule has 10 heteroatoms. The number of nitrogens with zero attached hydrogens (tertiary/aromatic N) is 2. The maximum atomic E-state index is 13.9. The number of hydrogen-bond donors (Lipinski definition) is 2. The van der Waals surface area contributed by atoms with Gasteiger partial charge in [0.1, 0.15) is 27.6 Å². The summed E-state index contributed by atoms with van der Waals surface area (Å²) >= 11 is 1.34. The highest BCUT2D eigenvalue weighted by Gasteiger charge is 2.20. The van der Waals surface area contributed by atoms with Gasteiger partial charge in [0.05, 0.1) is 16.9 Å². The molecule has 0 amide bonds. The molecule has 0 aliphatic heterocycles. The van der Waals surface area contributed by atoms with Crippen molar-refractivity contribution >= 4 is 27.0 Å². The normalized spacial score (nSPS) is 11.3. The summed E-state index contributed by atoms with van der Waals surface area (Å²) in [7, 11) is -4.15. The Labute approximate surface area is 145 Å². The number of aromatic nitrogens is 2. The number of sulfonamides is 1. The third-order valence-corrected chi connectivity index (χ3v) is 5.58. The molecule has 0 spiro atoms. The lowest BCUT2D eigenvalue weighted by molar-refractivity contribution is 0.593. The van der Waals surface area contributed by atoms with Crippen molar-refractivity contribution in [1.29, 1.82) is 5.26 Å². The van der Waals surface area contributed by atoms with Gasteiger partial charge >= 0.3 is 0 Å². The molecular weight excluding hydrogens is 370 g/mol. The molecule has 2 aromatic heterocycles. The van der Waals surface area contributed by atoms with Crippen LogP contribution < -0.4 is 4.72 Å². The van der Waals surface area contributed by atoms with Crippen LogP contribution in [0.2, 0.25) is 0 Å². The first-order chi connectivity index (χ1) is 11.8. The topological polar surface area (TPSA) is 98.6 Å². The Morgan fingerprint density at radius 3 is 2.68 bits per heavy atom. The maximum absolute atomic E-state index is 13.9. The van der Waals surface area contributed by atoms with E-state index in [0.717, 1.165) is 5.69 Å². The van der Waals surface area contributed by atoms with E-state index in [2.05, 4.69) is 9.97 Å². The molecule has 0 aliphatic carbocycles. The van der Waals surface area contributed by atoms with Crippen LogP contribution in [0.5, 0.6) is 0 Å². The van der Waals surface area contributed by atoms with E-state index in [1.54, 1.807) is 0 Å². The van der Waals surface area contributed by atoms with E-state index in [4.69, 9.17) is 5.26 Å². The first kappa shape index (κ1) is 17.1. The predicted octanol–water partition coefficient (Wildman–Crippen LogP) is 3.40. The third-order valence-electron chi connectivity index (χ3n) is 3.24. The minimum atomic E-state index is -4.15. The second-order valence-electron chi connectivity index (χ2n) is 5.07. The van der Waals surface area contributed by atoms with Gasteiger partial charge in [0.2, 0.25) is 0 Å². The second kappa shape index (κ2) is 6.27. The highest BCUT2D eigenvalue weighted by atomic mass is 32.2. The summed E-state index contributed by atoms with van der Waals surface area (Å²) in [6.45, 7) is 1.81. The molecule has 25 heavy (non-hydrogen) atoms. The zero-order chi connectivity index (χ0) is 18.2. The Morgan fingerprint density at radius 2 is 2.04 bits per heavy atom. The van der Waals surface area contributed by atoms with E-state index in [1.165, 1.54) is 29.7 Å². The van der Waals surface area contributed by atoms with E-state index >= 15 is 0 Å². The Bertz CT molecular complexity index is 1100. The number of aromatic amines is 1. The van der Waals surface area contributed by atoms with Crippen molar-refractivity contribution in [2.45, 2.75) is 11.8 Å². The molecule has 1 aromatic carbocycles. The summed E-state index contributed by atoms with van der Waals surface area (Å²) in [6.07, 6.45) is 1.23. The summed E-state index contributed by atoms with van der Waals surface area (Å²) in [5.74, 6) is -2.07. The Balaban J connectivity index is 1.92. The fourth-order valence-corrected chi connectivity index (χ4v) is 3.87. The molecule has 0 saturated carbocycles. The molecule has 2 heterocycles. The molecule has 0 saturated heterocycles. The lowest BCUT2D eigenvalue weighted by Crippen LogP contribution is -2.13. The van der Waals surface area contributed by atoms with Crippen molar-refractivity contribution in [2.75, 3.05) is 4.72 Å². The average Bonchev–Trinajstić information content (AvgIpc) is 3.19. The van der Waals surface area contributed by atoms with Gasteiger partial charge in [0, 0.05) is 23.3 Å². The molecule has 0 fully saturated rings. The van der Waals surface area contributed by atoms with Gasteiger partial charge in [-0.05, 0) is 19.1 Å². The quantitative estimate of drug-likeness (QED) is 0.725. The molecule has 0 radical (unpaired) electrons. The van der Waals surface area contributed by atoms with Crippen LogP contribution in [0.3, 0.4) is 0 Å². The van der Waals surface area contributed by atoms with Gasteiger partial charge in [-0.3, -0.25) is 4.72 Å². The number of anilines is 1. The lowest BCUT2D eigenvalue weighted by Gasteiger charge is -2.08. The van der Waals surface area contributed by atoms with E-state index in [1.807, 2.05) is 17.0 Å². The van der Waals surface area contributed by atoms with Crippen LogP contribution in [-0.4, -0.2) is 18.4 Å². The average molecular weight is 380 g/mol. The maximum Gasteiger partial charge on any atom is 0.263 e. The number of nitrogens with one attached hydrogen (secondary N) is 2. The second-order valence-corrected chi connectivity index (χ2v) is 7.61. The summed E-state index contributed by atoms with van der Waals surface area (Å²) < 4.78 is 54.2. The van der Waals surface area contributed by atoms with Crippen molar-refractivity contribution in [2.24, 2.45) is 0 Å². The van der Waals surface area contributed by atoms with Gasteiger partial charge in [0.15, 0.2) is 0 Å². The lowest BCUT2D eigenvalue weighted by atomic mass is 10.2. The van der Waals surface area contributed by atoms with Gasteiger partial charge in [0.25, 0.3) is 10.0 Å². The molecule has 6 nitrogen and oxygen atoms in total. The number of aryl methyl sites for hydroxylation is 1. The van der Waals surface area contributed by atoms with Crippen molar-refractivity contribution in [3.63, 3.8) is 0 Å². The Morgan fingerprint density at radius 1 is 1.28 bits per heavy atom. The molecule has 128 valence electrons. The first-order valence-corrected chi connectivity index (χ1v) is 9.19. The zero-order valence-electron chi connectivity index (χ0n) is 12.7. The number of nitriles is 1. The largest absolute Gasteiger partial charge is 0.358 e. The molecule has 3 rings (SSSR count). The Kier molecular flexibility index (Phi) is 4.28. The molecule has 0 atom stereocenters. The predicted molar refractivity (Wildman–Crippen MR) is 88.5 cm³/mol. The zero-order valence-corrected chi connectivity index (χ0v) is 14.3. The summed E-state index contributed by atoms with van der Waals surface area (Å²) in [4.78, 5) is 6.87. The van der Waals surface area contributed by atoms with Gasteiger partial charge < -0.3 is 4.98 Å². The van der Waals surface area contributed by atoms with Crippen molar-refractivity contribution in [3.05, 3.63) is 52.7 Å². The van der Waals surface area contributed by atoms with Crippen LogP contribution in [0.25, 0.3) is 10.7 Å². The van der Waals surface area contributed by atoms with Crippen molar-refractivity contribution < 1.29 is 17.2 Å². The van der Waals surface area contributed by atoms with Crippen LogP contribution in [-0.2, 0) is 10.0 Å². The number of halogens is 2. The molecule has 3 aromatic rings. The first-order valence-electron chi connectivity index (χ1n) is 6.83. The summed E-state index contributed by atoms with van der Waals surface area (Å²) in [6, 6.07) is 4.09. The number of hydrogen-bond acceptors (Lipinski definition) is 5. The number of thiazole rings is 1. The monoisotopic (exact) mass is 380 g/mol. The fourth-order valence-electron chi connectivity index (χ4n) is 2.05. The molecule has 2 N–H and O–H groups in total. The summed E-state index contributed by atoms with van der Waals surface area (Å²) in [5, 5.41) is 11.1. The third kappa shape index (κ3) is 3.38. The van der Waals surface area contributed by atoms with Crippen molar-refractivity contribution in [3.8, 4) is 16.8 Å². The van der Waals surface area contributed by atoms with Gasteiger partial charge in [-0.25, -0.2) is 22.2 Å². The molecular formula is C15H10F2N4O2S2. The fraction of sp³-hybridized carbons (Fsp3) is 0.0667. The van der Waals surface area contributed by atoms with Crippen LogP contribution in [0.1, 0.15) is 11.3 Å². The standard InChI is InChI=1S/C15H10F2N4O2S2/c1-8-7-24-15(20-8)14-3-10(6-19-14)25(22,23)21-13-4-11(16)9(5-18)2-12(13)17/h2-4,6-7,19,21H,1H3. The SMILES string of the molecule is Cc1csc(-c2cc(S(=O)(=O)Nc3cc(F)c(C#N)cc3F)c[nH]2)n1. The number of H-pyrrole nitrogens is 1. The van der Waals surface area contributed by atoms with Crippen LogP contribution in [0.15, 0.2) is 34.7 Å². The highest BCUT2D eigenvalue weighted by Crippen LogP contribution is 2.27. The number of rotatable bonds is 4. The van der Waals surface area contributed by atoms with Gasteiger partial charge in [-0.1, -0.05) is 0 Å². The molecule has 0 aliphatic rings.